The van der Waals surface area contributed by atoms with Crippen LogP contribution in [-0.2, 0) is 4.79 Å². The standard InChI is InChI=1S/C27H28Cl2N2O5S/c1-15(2)7-6-10-36-23-9-5-8-18(24(23)35-4)22-14-37-27(30-22)31-25(32)17-12-20(28)19(21(29)13-17)11-16(3)26(33)34/h5,8-9,11-15H,6-7,10H2,1-4H3,(H,33,34)(H,30,31,32). The molecule has 0 aliphatic heterocycles. The molecule has 1 aromatic heterocycles. The third-order valence-electron chi connectivity index (χ3n) is 5.41. The van der Waals surface area contributed by atoms with Crippen molar-refractivity contribution in [2.24, 2.45) is 5.92 Å². The van der Waals surface area contributed by atoms with Gasteiger partial charge in [0.1, 0.15) is 0 Å². The zero-order valence-electron chi connectivity index (χ0n) is 20.9. The van der Waals surface area contributed by atoms with Crippen LogP contribution in [0.25, 0.3) is 17.3 Å². The normalized spacial score (nSPS) is 11.5. The van der Waals surface area contributed by atoms with Crippen LogP contribution in [0.1, 0.15) is 49.5 Å². The molecule has 0 aliphatic rings. The summed E-state index contributed by atoms with van der Waals surface area (Å²) in [6, 6.07) is 8.48. The fourth-order valence-corrected chi connectivity index (χ4v) is 4.77. The minimum absolute atomic E-state index is 0.0665. The van der Waals surface area contributed by atoms with Gasteiger partial charge in [0.25, 0.3) is 5.91 Å². The summed E-state index contributed by atoms with van der Waals surface area (Å²) < 4.78 is 11.6. The minimum Gasteiger partial charge on any atom is -0.492 e. The molecule has 1 amide bonds. The summed E-state index contributed by atoms with van der Waals surface area (Å²) in [7, 11) is 1.58. The number of thiazole rings is 1. The molecule has 2 N–H and O–H groups in total. The number of hydrogen-bond acceptors (Lipinski definition) is 6. The Morgan fingerprint density at radius 1 is 1.22 bits per heavy atom. The van der Waals surface area contributed by atoms with E-state index in [4.69, 9.17) is 37.8 Å². The topological polar surface area (TPSA) is 97.8 Å². The largest absolute Gasteiger partial charge is 0.492 e. The highest BCUT2D eigenvalue weighted by atomic mass is 35.5. The second-order valence-corrected chi connectivity index (χ2v) is 10.4. The molecule has 0 saturated carbocycles. The number of carboxylic acid groups (broad SMARTS) is 1. The molecule has 0 bridgehead atoms. The third kappa shape index (κ3) is 7.47. The predicted molar refractivity (Wildman–Crippen MR) is 149 cm³/mol. The zero-order valence-corrected chi connectivity index (χ0v) is 23.3. The van der Waals surface area contributed by atoms with Crippen LogP contribution in [0.15, 0.2) is 41.3 Å². The molecule has 37 heavy (non-hydrogen) atoms. The maximum atomic E-state index is 12.9. The predicted octanol–water partition coefficient (Wildman–Crippen LogP) is 7.68. The Kier molecular flexibility index (Phi) is 9.97. The lowest BCUT2D eigenvalue weighted by Crippen LogP contribution is -2.12. The molecule has 196 valence electrons. The van der Waals surface area contributed by atoms with Crippen LogP contribution in [-0.4, -0.2) is 35.7 Å². The van der Waals surface area contributed by atoms with E-state index >= 15 is 0 Å². The van der Waals surface area contributed by atoms with E-state index in [9.17, 15) is 9.59 Å². The van der Waals surface area contributed by atoms with Gasteiger partial charge in [0.05, 0.1) is 29.5 Å². The smallest absolute Gasteiger partial charge is 0.331 e. The van der Waals surface area contributed by atoms with Crippen LogP contribution in [0.3, 0.4) is 0 Å². The maximum absolute atomic E-state index is 12.9. The van der Waals surface area contributed by atoms with Gasteiger partial charge in [0.15, 0.2) is 16.6 Å². The van der Waals surface area contributed by atoms with Gasteiger partial charge in [-0.1, -0.05) is 43.1 Å². The molecular weight excluding hydrogens is 535 g/mol. The number of anilines is 1. The van der Waals surface area contributed by atoms with E-state index in [-0.39, 0.29) is 21.2 Å². The van der Waals surface area contributed by atoms with Crippen LogP contribution < -0.4 is 14.8 Å². The Labute approximate surface area is 230 Å². The Hall–Kier alpha value is -3.07. The molecule has 0 aliphatic carbocycles. The maximum Gasteiger partial charge on any atom is 0.331 e. The van der Waals surface area contributed by atoms with Crippen LogP contribution in [0.4, 0.5) is 5.13 Å². The van der Waals surface area contributed by atoms with Crippen LogP contribution >= 0.6 is 34.5 Å². The number of carbonyl (C=O) groups is 2. The van der Waals surface area contributed by atoms with Crippen molar-refractivity contribution in [2.45, 2.75) is 33.6 Å². The van der Waals surface area contributed by atoms with Gasteiger partial charge in [-0.25, -0.2) is 9.78 Å². The average molecular weight is 564 g/mol. The van der Waals surface area contributed by atoms with Crippen molar-refractivity contribution >= 4 is 57.6 Å². The van der Waals surface area contributed by atoms with Crippen molar-refractivity contribution in [3.05, 3.63) is 62.5 Å². The molecule has 0 unspecified atom stereocenters. The van der Waals surface area contributed by atoms with Crippen LogP contribution in [0, 0.1) is 5.92 Å². The van der Waals surface area contributed by atoms with Gasteiger partial charge < -0.3 is 14.6 Å². The van der Waals surface area contributed by atoms with E-state index in [2.05, 4.69) is 24.1 Å². The Balaban J connectivity index is 1.77. The Bertz CT molecular complexity index is 1300. The fourth-order valence-electron chi connectivity index (χ4n) is 3.47. The number of carboxylic acids is 1. The highest BCUT2D eigenvalue weighted by Crippen LogP contribution is 2.39. The number of aliphatic carboxylic acids is 1. The number of halogens is 2. The Morgan fingerprint density at radius 2 is 1.92 bits per heavy atom. The lowest BCUT2D eigenvalue weighted by atomic mass is 10.1. The number of benzene rings is 2. The number of aromatic nitrogens is 1. The zero-order chi connectivity index (χ0) is 27.1. The summed E-state index contributed by atoms with van der Waals surface area (Å²) in [5.74, 6) is 0.286. The second-order valence-electron chi connectivity index (χ2n) is 8.70. The number of rotatable bonds is 11. The van der Waals surface area contributed by atoms with E-state index < -0.39 is 11.9 Å². The molecule has 10 heteroatoms. The third-order valence-corrected chi connectivity index (χ3v) is 6.79. The molecule has 0 saturated heterocycles. The van der Waals surface area contributed by atoms with E-state index in [1.807, 2.05) is 23.6 Å². The number of para-hydroxylation sites is 1. The number of ether oxygens (including phenoxy) is 2. The van der Waals surface area contributed by atoms with Gasteiger partial charge in [0, 0.05) is 27.6 Å². The van der Waals surface area contributed by atoms with E-state index in [0.717, 1.165) is 18.4 Å². The summed E-state index contributed by atoms with van der Waals surface area (Å²) in [4.78, 5) is 28.5. The van der Waals surface area contributed by atoms with Gasteiger partial charge >= 0.3 is 5.97 Å². The number of amides is 1. The first-order valence-corrected chi connectivity index (χ1v) is 13.2. The van der Waals surface area contributed by atoms with Gasteiger partial charge in [-0.3, -0.25) is 10.1 Å². The van der Waals surface area contributed by atoms with Crippen molar-refractivity contribution < 1.29 is 24.2 Å². The molecule has 7 nitrogen and oxygen atoms in total. The number of nitrogens with zero attached hydrogens (tertiary/aromatic N) is 1. The molecule has 0 atom stereocenters. The molecule has 1 heterocycles. The Morgan fingerprint density at radius 3 is 2.54 bits per heavy atom. The number of hydrogen-bond donors (Lipinski definition) is 2. The molecule has 0 fully saturated rings. The van der Waals surface area contributed by atoms with Crippen molar-refractivity contribution in [1.82, 2.24) is 4.98 Å². The first-order valence-electron chi connectivity index (χ1n) is 11.6. The quantitative estimate of drug-likeness (QED) is 0.183. The SMILES string of the molecule is COc1c(OCCCC(C)C)cccc1-c1csc(NC(=O)c2cc(Cl)c(C=C(C)C(=O)O)c(Cl)c2)n1. The lowest BCUT2D eigenvalue weighted by Gasteiger charge is -2.14. The number of nitrogens with one attached hydrogen (secondary N) is 1. The lowest BCUT2D eigenvalue weighted by molar-refractivity contribution is -0.132. The van der Waals surface area contributed by atoms with Crippen molar-refractivity contribution in [3.8, 4) is 22.8 Å². The second kappa shape index (κ2) is 12.9. The summed E-state index contributed by atoms with van der Waals surface area (Å²) in [6.45, 7) is 6.38. The van der Waals surface area contributed by atoms with E-state index in [1.54, 1.807) is 7.11 Å². The molecular formula is C27H28Cl2N2O5S. The molecule has 0 spiro atoms. The summed E-state index contributed by atoms with van der Waals surface area (Å²) >= 11 is 13.8. The molecule has 0 radical (unpaired) electrons. The molecule has 3 rings (SSSR count). The van der Waals surface area contributed by atoms with Gasteiger partial charge in [-0.15, -0.1) is 11.3 Å². The van der Waals surface area contributed by atoms with E-state index in [1.165, 1.54) is 36.5 Å². The highest BCUT2D eigenvalue weighted by molar-refractivity contribution is 7.14. The van der Waals surface area contributed by atoms with Gasteiger partial charge in [-0.05, 0) is 56.0 Å². The van der Waals surface area contributed by atoms with Crippen molar-refractivity contribution in [2.75, 3.05) is 19.0 Å². The summed E-state index contributed by atoms with van der Waals surface area (Å²) in [6.07, 6.45) is 3.38. The molecule has 3 aromatic rings. The molecule has 2 aromatic carbocycles. The first kappa shape index (κ1) is 28.5. The summed E-state index contributed by atoms with van der Waals surface area (Å²) in [5.41, 5.74) is 1.99. The van der Waals surface area contributed by atoms with Gasteiger partial charge in [0.2, 0.25) is 0 Å². The average Bonchev–Trinajstić information content (AvgIpc) is 3.31. The minimum atomic E-state index is -1.09. The fraction of sp³-hybridized carbons (Fsp3) is 0.296. The number of carbonyl (C=O) groups excluding carboxylic acids is 1. The van der Waals surface area contributed by atoms with Crippen molar-refractivity contribution in [3.63, 3.8) is 0 Å². The first-order chi connectivity index (χ1) is 17.6. The summed E-state index contributed by atoms with van der Waals surface area (Å²) in [5, 5.41) is 14.4. The van der Waals surface area contributed by atoms with E-state index in [0.29, 0.717) is 40.4 Å². The van der Waals surface area contributed by atoms with Crippen molar-refractivity contribution in [1.29, 1.82) is 0 Å². The van der Waals surface area contributed by atoms with Gasteiger partial charge in [-0.2, -0.15) is 0 Å². The van der Waals surface area contributed by atoms with Crippen LogP contribution in [0.5, 0.6) is 11.5 Å². The van der Waals surface area contributed by atoms with Crippen LogP contribution in [0.2, 0.25) is 10.0 Å². The highest BCUT2D eigenvalue weighted by Gasteiger charge is 2.18. The monoisotopic (exact) mass is 562 g/mol. The number of methoxy groups -OCH3 is 1.